The van der Waals surface area contributed by atoms with E-state index in [-0.39, 0.29) is 11.6 Å². The van der Waals surface area contributed by atoms with Gasteiger partial charge in [0.2, 0.25) is 17.8 Å². The predicted octanol–water partition coefficient (Wildman–Crippen LogP) is 7.59. The minimum absolute atomic E-state index is 0.00767. The Labute approximate surface area is 241 Å². The number of hydrogen-bond donors (Lipinski definition) is 2. The minimum Gasteiger partial charge on any atom is -0.323 e. The van der Waals surface area contributed by atoms with Crippen LogP contribution in [-0.2, 0) is 0 Å². The second-order valence-corrected chi connectivity index (χ2v) is 9.16. The molecular formula is C32H24N8O2. The summed E-state index contributed by atoms with van der Waals surface area (Å²) in [5, 5.41) is 20.7. The third kappa shape index (κ3) is 5.87. The molecule has 0 radical (unpaired) electrons. The lowest BCUT2D eigenvalue weighted by atomic mass is 10.1. The van der Waals surface area contributed by atoms with E-state index in [0.29, 0.717) is 17.5 Å². The smallest absolute Gasteiger partial charge is 0.269 e. The standard InChI is InChI=1S/C32H24N8O2/c41-40(42)27-20-18-23(19-21-27)22-33-38-31-35-30(34-29-17-9-11-24-10-7-8-16-28(24)29)36-32(37-31)39(25-12-3-1-4-13-25)26-14-5-2-6-15-26/h1-22H,(H2,34,35,36,37,38)/b33-22-. The van der Waals surface area contributed by atoms with Gasteiger partial charge in [-0.15, -0.1) is 0 Å². The SMILES string of the molecule is O=[N+]([O-])c1ccc(/C=N\Nc2nc(Nc3cccc4ccccc34)nc(N(c3ccccc3)c3ccccc3)n2)cc1. The van der Waals surface area contributed by atoms with Gasteiger partial charge in [0.1, 0.15) is 0 Å². The van der Waals surface area contributed by atoms with Crippen LogP contribution in [0.1, 0.15) is 5.56 Å². The Morgan fingerprint density at radius 2 is 1.31 bits per heavy atom. The summed E-state index contributed by atoms with van der Waals surface area (Å²) in [4.78, 5) is 26.6. The van der Waals surface area contributed by atoms with Gasteiger partial charge in [-0.05, 0) is 53.4 Å². The Bertz CT molecular complexity index is 1820. The van der Waals surface area contributed by atoms with Gasteiger partial charge in [-0.3, -0.25) is 15.0 Å². The molecule has 0 saturated heterocycles. The Morgan fingerprint density at radius 3 is 2.00 bits per heavy atom. The van der Waals surface area contributed by atoms with Crippen molar-refractivity contribution in [1.82, 2.24) is 15.0 Å². The largest absolute Gasteiger partial charge is 0.323 e. The number of nitro groups is 1. The normalized spacial score (nSPS) is 11.0. The maximum atomic E-state index is 11.0. The molecule has 0 spiro atoms. The number of hydrazone groups is 1. The van der Waals surface area contributed by atoms with Crippen molar-refractivity contribution in [2.45, 2.75) is 0 Å². The molecule has 0 fully saturated rings. The van der Waals surface area contributed by atoms with E-state index in [4.69, 9.17) is 9.97 Å². The van der Waals surface area contributed by atoms with Crippen LogP contribution in [0.15, 0.2) is 132 Å². The molecule has 10 nitrogen and oxygen atoms in total. The number of para-hydroxylation sites is 2. The number of nitrogens with one attached hydrogen (secondary N) is 2. The van der Waals surface area contributed by atoms with Crippen LogP contribution >= 0.6 is 0 Å². The van der Waals surface area contributed by atoms with E-state index in [1.807, 2.05) is 108 Å². The maximum Gasteiger partial charge on any atom is 0.269 e. The molecular weight excluding hydrogens is 528 g/mol. The van der Waals surface area contributed by atoms with E-state index in [9.17, 15) is 10.1 Å². The Morgan fingerprint density at radius 1 is 0.690 bits per heavy atom. The van der Waals surface area contributed by atoms with Crippen LogP contribution in [0.4, 0.5) is 40.6 Å². The monoisotopic (exact) mass is 552 g/mol. The predicted molar refractivity (Wildman–Crippen MR) is 166 cm³/mol. The number of aromatic nitrogens is 3. The van der Waals surface area contributed by atoms with E-state index in [1.165, 1.54) is 18.3 Å². The van der Waals surface area contributed by atoms with Crippen LogP contribution in [0, 0.1) is 10.1 Å². The number of benzene rings is 5. The van der Waals surface area contributed by atoms with Gasteiger partial charge in [0.25, 0.3) is 5.69 Å². The molecule has 1 heterocycles. The van der Waals surface area contributed by atoms with Crippen molar-refractivity contribution in [1.29, 1.82) is 0 Å². The molecule has 0 atom stereocenters. The van der Waals surface area contributed by atoms with Gasteiger partial charge >= 0.3 is 0 Å². The van der Waals surface area contributed by atoms with Gasteiger partial charge in [-0.2, -0.15) is 20.1 Å². The zero-order valence-corrected chi connectivity index (χ0v) is 22.2. The summed E-state index contributed by atoms with van der Waals surface area (Å²) < 4.78 is 0. The number of fused-ring (bicyclic) bond motifs is 1. The Kier molecular flexibility index (Phi) is 7.41. The molecule has 0 bridgehead atoms. The van der Waals surface area contributed by atoms with Crippen molar-refractivity contribution in [2.75, 3.05) is 15.6 Å². The quantitative estimate of drug-likeness (QED) is 0.107. The second kappa shape index (κ2) is 11.9. The molecule has 0 aliphatic heterocycles. The molecule has 0 unspecified atom stereocenters. The number of rotatable bonds is 9. The first-order chi connectivity index (χ1) is 20.6. The van der Waals surface area contributed by atoms with Gasteiger partial charge in [0, 0.05) is 34.6 Å². The van der Waals surface area contributed by atoms with Crippen LogP contribution in [0.2, 0.25) is 0 Å². The Balaban J connectivity index is 1.40. The highest BCUT2D eigenvalue weighted by atomic mass is 16.6. The van der Waals surface area contributed by atoms with Gasteiger partial charge in [0.15, 0.2) is 0 Å². The molecule has 1 aromatic heterocycles. The second-order valence-electron chi connectivity index (χ2n) is 9.16. The topological polar surface area (TPSA) is 121 Å². The number of non-ortho nitro benzene ring substituents is 1. The summed E-state index contributed by atoms with van der Waals surface area (Å²) in [6, 6.07) is 39.8. The van der Waals surface area contributed by atoms with Gasteiger partial charge < -0.3 is 5.32 Å². The van der Waals surface area contributed by atoms with Crippen molar-refractivity contribution >= 4 is 57.6 Å². The van der Waals surface area contributed by atoms with Gasteiger partial charge in [-0.1, -0.05) is 72.8 Å². The summed E-state index contributed by atoms with van der Waals surface area (Å²) in [6.07, 6.45) is 1.54. The van der Waals surface area contributed by atoms with E-state index >= 15 is 0 Å². The number of anilines is 6. The number of nitro benzene ring substituents is 1. The maximum absolute atomic E-state index is 11.0. The van der Waals surface area contributed by atoms with Crippen molar-refractivity contribution in [2.24, 2.45) is 5.10 Å². The van der Waals surface area contributed by atoms with E-state index < -0.39 is 4.92 Å². The lowest BCUT2D eigenvalue weighted by molar-refractivity contribution is -0.384. The molecule has 0 aliphatic carbocycles. The first-order valence-electron chi connectivity index (χ1n) is 13.1. The van der Waals surface area contributed by atoms with Crippen LogP contribution in [0.3, 0.4) is 0 Å². The highest BCUT2D eigenvalue weighted by molar-refractivity contribution is 5.95. The highest BCUT2D eigenvalue weighted by Crippen LogP contribution is 2.33. The lowest BCUT2D eigenvalue weighted by Crippen LogP contribution is -2.16. The van der Waals surface area contributed by atoms with Crippen molar-refractivity contribution in [3.8, 4) is 0 Å². The first-order valence-corrected chi connectivity index (χ1v) is 13.1. The number of hydrogen-bond acceptors (Lipinski definition) is 9. The summed E-state index contributed by atoms with van der Waals surface area (Å²) in [7, 11) is 0. The zero-order valence-electron chi connectivity index (χ0n) is 22.2. The summed E-state index contributed by atoms with van der Waals surface area (Å²) in [5.74, 6) is 0.900. The molecule has 6 aromatic rings. The molecule has 0 amide bonds. The highest BCUT2D eigenvalue weighted by Gasteiger charge is 2.18. The minimum atomic E-state index is -0.443. The molecule has 42 heavy (non-hydrogen) atoms. The first kappa shape index (κ1) is 26.1. The summed E-state index contributed by atoms with van der Waals surface area (Å²) in [5.41, 5.74) is 6.16. The van der Waals surface area contributed by atoms with Crippen LogP contribution in [-0.4, -0.2) is 26.1 Å². The molecule has 2 N–H and O–H groups in total. The van der Waals surface area contributed by atoms with Crippen LogP contribution < -0.4 is 15.6 Å². The van der Waals surface area contributed by atoms with Crippen LogP contribution in [0.5, 0.6) is 0 Å². The molecule has 6 rings (SSSR count). The van der Waals surface area contributed by atoms with Crippen molar-refractivity contribution in [3.05, 3.63) is 143 Å². The van der Waals surface area contributed by atoms with E-state index in [2.05, 4.69) is 20.8 Å². The molecule has 0 aliphatic rings. The van der Waals surface area contributed by atoms with Crippen molar-refractivity contribution in [3.63, 3.8) is 0 Å². The zero-order chi connectivity index (χ0) is 28.7. The van der Waals surface area contributed by atoms with Crippen LogP contribution in [0.25, 0.3) is 10.8 Å². The third-order valence-corrected chi connectivity index (χ3v) is 6.37. The van der Waals surface area contributed by atoms with Gasteiger partial charge in [-0.25, -0.2) is 5.43 Å². The third-order valence-electron chi connectivity index (χ3n) is 6.37. The fourth-order valence-electron chi connectivity index (χ4n) is 4.41. The Hall–Kier alpha value is -6.16. The van der Waals surface area contributed by atoms with E-state index in [0.717, 1.165) is 27.8 Å². The molecule has 10 heteroatoms. The summed E-state index contributed by atoms with van der Waals surface area (Å²) in [6.45, 7) is 0. The molecule has 5 aromatic carbocycles. The van der Waals surface area contributed by atoms with Crippen molar-refractivity contribution < 1.29 is 4.92 Å². The molecule has 0 saturated carbocycles. The average molecular weight is 553 g/mol. The lowest BCUT2D eigenvalue weighted by Gasteiger charge is -2.23. The average Bonchev–Trinajstić information content (AvgIpc) is 3.03. The fraction of sp³-hybridized carbons (Fsp3) is 0. The van der Waals surface area contributed by atoms with Gasteiger partial charge in [0.05, 0.1) is 11.1 Å². The number of nitrogens with zero attached hydrogens (tertiary/aromatic N) is 6. The fourth-order valence-corrected chi connectivity index (χ4v) is 4.41. The molecule has 204 valence electrons. The summed E-state index contributed by atoms with van der Waals surface area (Å²) >= 11 is 0. The van der Waals surface area contributed by atoms with E-state index in [1.54, 1.807) is 12.1 Å².